The molecular weight excluding hydrogens is 486 g/mol. The van der Waals surface area contributed by atoms with Gasteiger partial charge in [0, 0.05) is 23.2 Å². The minimum absolute atomic E-state index is 0.0692. The lowest BCUT2D eigenvalue weighted by Crippen LogP contribution is -2.16. The summed E-state index contributed by atoms with van der Waals surface area (Å²) in [4.78, 5) is 25.5. The smallest absolute Gasteiger partial charge is 0.341 e. The molecule has 2 N–H and O–H groups in total. The summed E-state index contributed by atoms with van der Waals surface area (Å²) in [6, 6.07) is 6.73. The molecule has 3 aromatic rings. The highest BCUT2D eigenvalue weighted by molar-refractivity contribution is 7.99. The molecule has 0 saturated heterocycles. The SMILES string of the molecule is COC(=O)c1c(NC(=O)CSc2nnc(-c3ccc(NS(C)(=O)=O)cc3)n2C)sc(C)c1C. The van der Waals surface area contributed by atoms with E-state index in [-0.39, 0.29) is 11.7 Å². The van der Waals surface area contributed by atoms with Gasteiger partial charge >= 0.3 is 5.97 Å². The fourth-order valence-corrected chi connectivity index (χ4v) is 5.29. The number of hydrogen-bond acceptors (Lipinski definition) is 9. The number of carbonyl (C=O) groups excluding carboxylic acids is 2. The molecule has 1 amide bonds. The normalized spacial score (nSPS) is 11.3. The molecule has 0 unspecified atom stereocenters. The standard InChI is InChI=1S/C20H23N5O5S3/c1-11-12(2)32-18(16(11)19(27)30-4)21-15(26)10-31-20-23-22-17(25(20)3)13-6-8-14(9-7-13)24-33(5,28)29/h6-9,24H,10H2,1-5H3,(H,21,26). The molecule has 176 valence electrons. The molecule has 0 saturated carbocycles. The van der Waals surface area contributed by atoms with Gasteiger partial charge in [0.1, 0.15) is 5.00 Å². The number of hydrogen-bond donors (Lipinski definition) is 2. The molecule has 10 nitrogen and oxygen atoms in total. The summed E-state index contributed by atoms with van der Waals surface area (Å²) in [5.41, 5.74) is 2.34. The summed E-state index contributed by atoms with van der Waals surface area (Å²) >= 11 is 2.53. The summed E-state index contributed by atoms with van der Waals surface area (Å²) in [5.74, 6) is -0.135. The topological polar surface area (TPSA) is 132 Å². The lowest BCUT2D eigenvalue weighted by atomic mass is 10.1. The average molecular weight is 510 g/mol. The van der Waals surface area contributed by atoms with E-state index in [1.807, 2.05) is 13.8 Å². The Labute approximate surface area is 199 Å². The lowest BCUT2D eigenvalue weighted by molar-refractivity contribution is -0.113. The zero-order valence-corrected chi connectivity index (χ0v) is 21.1. The van der Waals surface area contributed by atoms with Crippen LogP contribution in [0.25, 0.3) is 11.4 Å². The Balaban J connectivity index is 1.67. The number of rotatable bonds is 8. The minimum atomic E-state index is -3.36. The predicted octanol–water partition coefficient (Wildman–Crippen LogP) is 3.05. The highest BCUT2D eigenvalue weighted by Gasteiger charge is 2.22. The molecule has 0 bridgehead atoms. The van der Waals surface area contributed by atoms with E-state index in [1.165, 1.54) is 30.2 Å². The maximum Gasteiger partial charge on any atom is 0.341 e. The first kappa shape index (κ1) is 24.7. The van der Waals surface area contributed by atoms with Crippen molar-refractivity contribution >= 4 is 55.7 Å². The number of sulfonamides is 1. The quantitative estimate of drug-likeness (QED) is 0.350. The highest BCUT2D eigenvalue weighted by atomic mass is 32.2. The molecule has 0 atom stereocenters. The summed E-state index contributed by atoms with van der Waals surface area (Å²) in [5, 5.41) is 12.1. The Hall–Kier alpha value is -2.90. The Morgan fingerprint density at radius 3 is 2.45 bits per heavy atom. The molecule has 33 heavy (non-hydrogen) atoms. The highest BCUT2D eigenvalue weighted by Crippen LogP contribution is 2.33. The van der Waals surface area contributed by atoms with E-state index in [1.54, 1.807) is 35.9 Å². The van der Waals surface area contributed by atoms with Gasteiger partial charge in [-0.1, -0.05) is 11.8 Å². The van der Waals surface area contributed by atoms with Crippen LogP contribution in [0.15, 0.2) is 29.4 Å². The van der Waals surface area contributed by atoms with Gasteiger partial charge in [-0.05, 0) is 43.7 Å². The monoisotopic (exact) mass is 509 g/mol. The van der Waals surface area contributed by atoms with Crippen LogP contribution < -0.4 is 10.0 Å². The summed E-state index contributed by atoms with van der Waals surface area (Å²) in [7, 11) is -0.276. The number of thiophene rings is 1. The molecule has 3 rings (SSSR count). The second-order valence-electron chi connectivity index (χ2n) is 7.13. The van der Waals surface area contributed by atoms with Crippen LogP contribution >= 0.6 is 23.1 Å². The van der Waals surface area contributed by atoms with Crippen LogP contribution in [0.5, 0.6) is 0 Å². The number of amides is 1. The Morgan fingerprint density at radius 2 is 1.85 bits per heavy atom. The van der Waals surface area contributed by atoms with Crippen molar-refractivity contribution in [3.63, 3.8) is 0 Å². The van der Waals surface area contributed by atoms with Gasteiger partial charge < -0.3 is 14.6 Å². The zero-order chi connectivity index (χ0) is 24.3. The van der Waals surface area contributed by atoms with E-state index in [4.69, 9.17) is 4.74 Å². The third-order valence-corrected chi connectivity index (χ3v) is 7.39. The Kier molecular flexibility index (Phi) is 7.44. The zero-order valence-electron chi connectivity index (χ0n) is 18.6. The first-order chi connectivity index (χ1) is 15.5. The van der Waals surface area contributed by atoms with Crippen LogP contribution in [0.4, 0.5) is 10.7 Å². The number of ether oxygens (including phenoxy) is 1. The van der Waals surface area contributed by atoms with E-state index in [0.29, 0.717) is 27.2 Å². The minimum Gasteiger partial charge on any atom is -0.465 e. The molecule has 2 heterocycles. The van der Waals surface area contributed by atoms with Crippen molar-refractivity contribution in [1.29, 1.82) is 0 Å². The molecule has 1 aromatic carbocycles. The number of aromatic nitrogens is 3. The summed E-state index contributed by atoms with van der Waals surface area (Å²) < 4.78 is 31.7. The van der Waals surface area contributed by atoms with Gasteiger partial charge in [0.25, 0.3) is 0 Å². The van der Waals surface area contributed by atoms with Crippen molar-refractivity contribution in [2.75, 3.05) is 29.2 Å². The van der Waals surface area contributed by atoms with Crippen LogP contribution in [0.1, 0.15) is 20.8 Å². The van der Waals surface area contributed by atoms with Crippen molar-refractivity contribution < 1.29 is 22.7 Å². The number of anilines is 2. The molecule has 0 aliphatic carbocycles. The van der Waals surface area contributed by atoms with Crippen molar-refractivity contribution in [2.24, 2.45) is 7.05 Å². The number of methoxy groups -OCH3 is 1. The third kappa shape index (κ3) is 5.92. The molecule has 0 aliphatic heterocycles. The Morgan fingerprint density at radius 1 is 1.18 bits per heavy atom. The number of aryl methyl sites for hydroxylation is 1. The summed E-state index contributed by atoms with van der Waals surface area (Å²) in [6.07, 6.45) is 1.08. The van der Waals surface area contributed by atoms with E-state index < -0.39 is 16.0 Å². The number of nitrogens with one attached hydrogen (secondary N) is 2. The predicted molar refractivity (Wildman–Crippen MR) is 129 cm³/mol. The van der Waals surface area contributed by atoms with Gasteiger partial charge in [-0.2, -0.15) is 0 Å². The average Bonchev–Trinajstić information content (AvgIpc) is 3.24. The van der Waals surface area contributed by atoms with Crippen LogP contribution in [0, 0.1) is 13.8 Å². The van der Waals surface area contributed by atoms with Gasteiger partial charge in [-0.3, -0.25) is 9.52 Å². The van der Waals surface area contributed by atoms with Crippen LogP contribution in [-0.2, 0) is 26.6 Å². The molecular formula is C20H23N5O5S3. The number of nitrogens with zero attached hydrogens (tertiary/aromatic N) is 3. The van der Waals surface area contributed by atoms with Crippen molar-refractivity contribution in [1.82, 2.24) is 14.8 Å². The first-order valence-corrected chi connectivity index (χ1v) is 13.3. The van der Waals surface area contributed by atoms with Crippen molar-refractivity contribution in [3.8, 4) is 11.4 Å². The Bertz CT molecular complexity index is 1300. The molecule has 0 aliphatic rings. The van der Waals surface area contributed by atoms with E-state index in [0.717, 1.165) is 22.3 Å². The second-order valence-corrected chi connectivity index (χ2v) is 11.0. The number of esters is 1. The van der Waals surface area contributed by atoms with Gasteiger partial charge in [0.2, 0.25) is 15.9 Å². The maximum absolute atomic E-state index is 12.5. The molecule has 0 radical (unpaired) electrons. The van der Waals surface area contributed by atoms with Crippen molar-refractivity contribution in [3.05, 3.63) is 40.3 Å². The van der Waals surface area contributed by atoms with Gasteiger partial charge in [0.15, 0.2) is 11.0 Å². The fourth-order valence-electron chi connectivity index (χ4n) is 2.95. The molecule has 2 aromatic heterocycles. The molecule has 13 heteroatoms. The largest absolute Gasteiger partial charge is 0.465 e. The maximum atomic E-state index is 12.5. The lowest BCUT2D eigenvalue weighted by Gasteiger charge is -2.07. The molecule has 0 spiro atoms. The van der Waals surface area contributed by atoms with Gasteiger partial charge in [-0.25, -0.2) is 13.2 Å². The van der Waals surface area contributed by atoms with Gasteiger partial charge in [0.05, 0.1) is 24.7 Å². The van der Waals surface area contributed by atoms with Crippen molar-refractivity contribution in [2.45, 2.75) is 19.0 Å². The van der Waals surface area contributed by atoms with E-state index >= 15 is 0 Å². The number of carbonyl (C=O) groups is 2. The first-order valence-electron chi connectivity index (χ1n) is 9.58. The molecule has 0 fully saturated rings. The van der Waals surface area contributed by atoms with Crippen LogP contribution in [0.3, 0.4) is 0 Å². The number of thioether (sulfide) groups is 1. The second kappa shape index (κ2) is 9.93. The van der Waals surface area contributed by atoms with Crippen LogP contribution in [-0.4, -0.2) is 54.2 Å². The fraction of sp³-hybridized carbons (Fsp3) is 0.300. The van der Waals surface area contributed by atoms with Crippen LogP contribution in [0.2, 0.25) is 0 Å². The van der Waals surface area contributed by atoms with E-state index in [9.17, 15) is 18.0 Å². The summed E-state index contributed by atoms with van der Waals surface area (Å²) in [6.45, 7) is 3.69. The number of benzene rings is 1. The van der Waals surface area contributed by atoms with E-state index in [2.05, 4.69) is 20.2 Å². The third-order valence-electron chi connectivity index (χ3n) is 4.64. The van der Waals surface area contributed by atoms with Gasteiger partial charge in [-0.15, -0.1) is 21.5 Å².